The number of nitrogens with one attached hydrogen (secondary N) is 5. The lowest BCUT2D eigenvalue weighted by atomic mass is 10.1. The van der Waals surface area contributed by atoms with Crippen molar-refractivity contribution in [3.05, 3.63) is 0 Å². The third kappa shape index (κ3) is 18.5. The fraction of sp³-hybridized carbons (Fsp3) is 0.850. The lowest BCUT2D eigenvalue weighted by Gasteiger charge is -2.18. The normalized spacial score (nSPS) is 12.9. The highest BCUT2D eigenvalue weighted by atomic mass is 16.4. The first-order valence-corrected chi connectivity index (χ1v) is 11.2. The van der Waals surface area contributed by atoms with E-state index in [0.29, 0.717) is 6.42 Å². The molecule has 1 amide bonds. The van der Waals surface area contributed by atoms with E-state index in [-0.39, 0.29) is 13.2 Å². The van der Waals surface area contributed by atoms with E-state index in [1.807, 2.05) is 5.32 Å². The van der Waals surface area contributed by atoms with Crippen LogP contribution in [0.4, 0.5) is 4.79 Å². The van der Waals surface area contributed by atoms with Crippen LogP contribution < -0.4 is 26.6 Å². The summed E-state index contributed by atoms with van der Waals surface area (Å²) in [6, 6.07) is -1.94. The molecule has 0 radical (unpaired) electrons. The molecule has 0 heterocycles. The number of amides is 1. The van der Waals surface area contributed by atoms with E-state index in [1.54, 1.807) is 0 Å². The number of carboxylic acids is 2. The standard InChI is InChI=1S/C20H41N5O6/c1-2-10-21-11-6-3-4-7-12-22-13-8-5-9-16(18(26)27)24-15-25-17(19(28)29)14-23-20(30)31/h16-17,21-25H,2-15H2,1H3,(H,26,27)(H,28,29)(H,30,31). The summed E-state index contributed by atoms with van der Waals surface area (Å²) >= 11 is 0. The topological polar surface area (TPSA) is 172 Å². The summed E-state index contributed by atoms with van der Waals surface area (Å²) in [5.41, 5.74) is 0. The van der Waals surface area contributed by atoms with E-state index in [0.717, 1.165) is 45.4 Å². The summed E-state index contributed by atoms with van der Waals surface area (Å²) < 4.78 is 0. The molecule has 2 atom stereocenters. The van der Waals surface area contributed by atoms with E-state index >= 15 is 0 Å². The van der Waals surface area contributed by atoms with Crippen molar-refractivity contribution < 1.29 is 29.7 Å². The smallest absolute Gasteiger partial charge is 0.404 e. The Balaban J connectivity index is 3.77. The van der Waals surface area contributed by atoms with Gasteiger partial charge in [0.25, 0.3) is 0 Å². The molecule has 11 heteroatoms. The number of carboxylic acid groups (broad SMARTS) is 3. The average molecular weight is 448 g/mol. The van der Waals surface area contributed by atoms with Gasteiger partial charge < -0.3 is 31.3 Å². The summed E-state index contributed by atoms with van der Waals surface area (Å²) in [5, 5.41) is 41.0. The third-order valence-electron chi connectivity index (χ3n) is 4.73. The molecule has 0 rings (SSSR count). The number of hydrogen-bond acceptors (Lipinski definition) is 7. The van der Waals surface area contributed by atoms with Crippen LogP contribution in [0.2, 0.25) is 0 Å². The number of carbonyl (C=O) groups is 3. The number of hydrogen-bond donors (Lipinski definition) is 8. The fourth-order valence-corrected chi connectivity index (χ4v) is 2.93. The summed E-state index contributed by atoms with van der Waals surface area (Å²) in [7, 11) is 0. The quantitative estimate of drug-likeness (QED) is 0.0868. The third-order valence-corrected chi connectivity index (χ3v) is 4.73. The summed E-state index contributed by atoms with van der Waals surface area (Å²) in [5.74, 6) is -2.22. The molecule has 0 aliphatic carbocycles. The maximum atomic E-state index is 11.4. The van der Waals surface area contributed by atoms with Gasteiger partial charge in [-0.1, -0.05) is 26.2 Å². The largest absolute Gasteiger partial charge is 0.480 e. The second-order valence-corrected chi connectivity index (χ2v) is 7.46. The minimum atomic E-state index is -1.32. The maximum Gasteiger partial charge on any atom is 0.404 e. The zero-order valence-electron chi connectivity index (χ0n) is 18.6. The van der Waals surface area contributed by atoms with Crippen LogP contribution in [0.15, 0.2) is 0 Å². The Morgan fingerprint density at radius 3 is 1.74 bits per heavy atom. The Morgan fingerprint density at radius 2 is 1.23 bits per heavy atom. The van der Waals surface area contributed by atoms with Gasteiger partial charge in [-0.25, -0.2) is 4.79 Å². The van der Waals surface area contributed by atoms with Crippen molar-refractivity contribution in [2.24, 2.45) is 0 Å². The molecule has 0 spiro atoms. The molecule has 0 aliphatic heterocycles. The van der Waals surface area contributed by atoms with Crippen LogP contribution in [0, 0.1) is 0 Å². The minimum absolute atomic E-state index is 0.0541. The highest BCUT2D eigenvalue weighted by Crippen LogP contribution is 2.02. The van der Waals surface area contributed by atoms with E-state index < -0.39 is 30.1 Å². The molecule has 0 aromatic heterocycles. The number of aliphatic carboxylic acids is 2. The van der Waals surface area contributed by atoms with Crippen LogP contribution in [-0.2, 0) is 9.59 Å². The van der Waals surface area contributed by atoms with Gasteiger partial charge in [0.15, 0.2) is 0 Å². The Kier molecular flexibility index (Phi) is 18.7. The first-order valence-electron chi connectivity index (χ1n) is 11.2. The molecule has 0 saturated heterocycles. The van der Waals surface area contributed by atoms with Crippen molar-refractivity contribution in [1.82, 2.24) is 26.6 Å². The van der Waals surface area contributed by atoms with Crippen molar-refractivity contribution in [2.75, 3.05) is 39.4 Å². The van der Waals surface area contributed by atoms with Crippen LogP contribution in [0.5, 0.6) is 0 Å². The second kappa shape index (κ2) is 20.0. The van der Waals surface area contributed by atoms with Crippen molar-refractivity contribution in [3.63, 3.8) is 0 Å². The lowest BCUT2D eigenvalue weighted by molar-refractivity contribution is -0.139. The Bertz CT molecular complexity index is 495. The molecule has 0 fully saturated rings. The molecule has 8 N–H and O–H groups in total. The minimum Gasteiger partial charge on any atom is -0.480 e. The van der Waals surface area contributed by atoms with E-state index in [2.05, 4.69) is 28.2 Å². The van der Waals surface area contributed by atoms with Crippen LogP contribution >= 0.6 is 0 Å². The Hall–Kier alpha value is -1.95. The predicted molar refractivity (Wildman–Crippen MR) is 118 cm³/mol. The van der Waals surface area contributed by atoms with Crippen molar-refractivity contribution in [2.45, 2.75) is 70.4 Å². The maximum absolute atomic E-state index is 11.4. The molecule has 0 aliphatic rings. The first kappa shape index (κ1) is 29.1. The molecule has 0 aromatic rings. The molecule has 31 heavy (non-hydrogen) atoms. The van der Waals surface area contributed by atoms with Crippen LogP contribution in [-0.4, -0.2) is 84.8 Å². The highest BCUT2D eigenvalue weighted by Gasteiger charge is 2.20. The molecule has 11 nitrogen and oxygen atoms in total. The van der Waals surface area contributed by atoms with E-state index in [4.69, 9.17) is 10.2 Å². The predicted octanol–water partition coefficient (Wildman–Crippen LogP) is 0.617. The van der Waals surface area contributed by atoms with Crippen molar-refractivity contribution in [1.29, 1.82) is 0 Å². The zero-order valence-corrected chi connectivity index (χ0v) is 18.6. The van der Waals surface area contributed by atoms with E-state index in [9.17, 15) is 19.5 Å². The van der Waals surface area contributed by atoms with Gasteiger partial charge in [-0.15, -0.1) is 0 Å². The van der Waals surface area contributed by atoms with Gasteiger partial charge in [0.1, 0.15) is 12.1 Å². The molecule has 0 bridgehead atoms. The Morgan fingerprint density at radius 1 is 0.710 bits per heavy atom. The zero-order chi connectivity index (χ0) is 23.3. The molecule has 182 valence electrons. The van der Waals surface area contributed by atoms with Gasteiger partial charge in [-0.2, -0.15) is 0 Å². The highest BCUT2D eigenvalue weighted by molar-refractivity contribution is 5.75. The lowest BCUT2D eigenvalue weighted by Crippen LogP contribution is -2.51. The van der Waals surface area contributed by atoms with Crippen LogP contribution in [0.3, 0.4) is 0 Å². The monoisotopic (exact) mass is 447 g/mol. The van der Waals surface area contributed by atoms with Crippen LogP contribution in [0.1, 0.15) is 58.3 Å². The summed E-state index contributed by atoms with van der Waals surface area (Å²) in [6.45, 7) is 5.77. The summed E-state index contributed by atoms with van der Waals surface area (Å²) in [6.07, 6.45) is 6.64. The van der Waals surface area contributed by atoms with E-state index in [1.165, 1.54) is 25.7 Å². The Labute approximate surface area is 184 Å². The number of unbranched alkanes of at least 4 members (excludes halogenated alkanes) is 4. The summed E-state index contributed by atoms with van der Waals surface area (Å²) in [4.78, 5) is 32.9. The molecule has 0 aromatic carbocycles. The van der Waals surface area contributed by atoms with Crippen molar-refractivity contribution in [3.8, 4) is 0 Å². The van der Waals surface area contributed by atoms with Gasteiger partial charge in [0.2, 0.25) is 0 Å². The van der Waals surface area contributed by atoms with Gasteiger partial charge in [-0.05, 0) is 58.3 Å². The molecule has 2 unspecified atom stereocenters. The number of rotatable bonds is 22. The second-order valence-electron chi connectivity index (χ2n) is 7.46. The van der Waals surface area contributed by atoms with Crippen molar-refractivity contribution >= 4 is 18.0 Å². The first-order chi connectivity index (χ1) is 14.9. The SMILES string of the molecule is CCCNCCCCCCNCCCCC(NCNC(CNC(=O)O)C(=O)O)C(=O)O. The fourth-order valence-electron chi connectivity index (χ4n) is 2.93. The molecular weight excluding hydrogens is 406 g/mol. The van der Waals surface area contributed by atoms with Crippen LogP contribution in [0.25, 0.3) is 0 Å². The molecule has 0 saturated carbocycles. The van der Waals surface area contributed by atoms with Gasteiger partial charge in [0.05, 0.1) is 0 Å². The average Bonchev–Trinajstić information content (AvgIpc) is 2.71. The molecular formula is C20H41N5O6. The van der Waals surface area contributed by atoms with Gasteiger partial charge in [0, 0.05) is 13.2 Å². The van der Waals surface area contributed by atoms with Gasteiger partial charge in [-0.3, -0.25) is 20.2 Å². The van der Waals surface area contributed by atoms with Gasteiger partial charge >= 0.3 is 18.0 Å².